The highest BCUT2D eigenvalue weighted by atomic mass is 32.2. The number of halogens is 3. The molecule has 0 atom stereocenters. The smallest absolute Gasteiger partial charge is 0.418 e. The lowest BCUT2D eigenvalue weighted by molar-refractivity contribution is -0.414. The van der Waals surface area contributed by atoms with Crippen molar-refractivity contribution in [3.63, 3.8) is 0 Å². The zero-order chi connectivity index (χ0) is 28.4. The van der Waals surface area contributed by atoms with E-state index in [-0.39, 0.29) is 32.9 Å². The molecule has 3 aromatic heterocycles. The molecular weight excluding hydrogens is 575 g/mol. The number of thiophene rings is 1. The number of benzene rings is 1. The molecule has 3 heterocycles. The first-order valence-electron chi connectivity index (χ1n) is 10.9. The fourth-order valence-electron chi connectivity index (χ4n) is 3.26. The van der Waals surface area contributed by atoms with Crippen LogP contribution in [0.5, 0.6) is 0 Å². The molecule has 4 aromatic rings. The normalized spacial score (nSPS) is 11.7. The van der Waals surface area contributed by atoms with Gasteiger partial charge in [-0.25, -0.2) is 8.42 Å². The molecule has 39 heavy (non-hydrogen) atoms. The van der Waals surface area contributed by atoms with Crippen LogP contribution in [0.2, 0.25) is 0 Å². The maximum Gasteiger partial charge on any atom is 0.418 e. The standard InChI is InChI=1S/C24H18F3N5O4S3/c1-13-14(2)31-36-22(13)32-39(34,35)16-7-5-15(6-8-16)29-21(33)12-38-23-17(11-28)18(24(25,26)27)10-19(30-23)20-4-3-9-37-20/h3-10H,12H2,1-2H3,(H2,29,31,32,33). The monoisotopic (exact) mass is 593 g/mol. The Morgan fingerprint density at radius 2 is 1.97 bits per heavy atom. The van der Waals surface area contributed by atoms with Crippen LogP contribution < -0.4 is 10.3 Å². The number of thioether (sulfide) groups is 1. The van der Waals surface area contributed by atoms with Crippen molar-refractivity contribution >= 4 is 50.6 Å². The molecule has 1 aromatic carbocycles. The minimum absolute atomic E-state index is 0.105. The molecule has 0 saturated carbocycles. The number of rotatable bonds is 8. The fraction of sp³-hybridized carbons (Fsp3) is 0.167. The molecule has 0 aliphatic carbocycles. The van der Waals surface area contributed by atoms with Gasteiger partial charge in [0.25, 0.3) is 5.03 Å². The van der Waals surface area contributed by atoms with E-state index in [1.54, 1.807) is 37.4 Å². The topological polar surface area (TPSA) is 141 Å². The first-order chi connectivity index (χ1) is 18.4. The van der Waals surface area contributed by atoms with E-state index in [0.29, 0.717) is 16.1 Å². The number of alkyl halides is 3. The molecule has 0 saturated heterocycles. The second kappa shape index (κ2) is 11.1. The number of hydrogen-bond acceptors (Lipinski definition) is 8. The number of pyridine rings is 1. The van der Waals surface area contributed by atoms with Gasteiger partial charge >= 0.3 is 6.18 Å². The van der Waals surface area contributed by atoms with Crippen LogP contribution in [0.3, 0.4) is 0 Å². The molecule has 0 radical (unpaired) electrons. The Morgan fingerprint density at radius 3 is 2.54 bits per heavy atom. The summed E-state index contributed by atoms with van der Waals surface area (Å²) in [6.45, 7) is 3.27. The predicted octanol–water partition coefficient (Wildman–Crippen LogP) is 5.85. The number of aromatic nitrogens is 2. The number of nitriles is 1. The Bertz CT molecular complexity index is 1660. The lowest BCUT2D eigenvalue weighted by atomic mass is 10.1. The summed E-state index contributed by atoms with van der Waals surface area (Å²) in [6, 6.07) is 10.9. The lowest BCUT2D eigenvalue weighted by Gasteiger charge is -2.19. The van der Waals surface area contributed by atoms with Gasteiger partial charge in [0.05, 0.1) is 32.7 Å². The van der Waals surface area contributed by atoms with Crippen molar-refractivity contribution in [1.82, 2.24) is 5.16 Å². The van der Waals surface area contributed by atoms with Crippen molar-refractivity contribution in [2.24, 2.45) is 0 Å². The number of aromatic amines is 1. The summed E-state index contributed by atoms with van der Waals surface area (Å²) < 4.78 is 74.7. The van der Waals surface area contributed by atoms with Crippen LogP contribution in [0.25, 0.3) is 15.3 Å². The van der Waals surface area contributed by atoms with Crippen LogP contribution in [-0.4, -0.2) is 25.2 Å². The molecule has 0 aliphatic rings. The highest BCUT2D eigenvalue weighted by Gasteiger charge is 2.38. The van der Waals surface area contributed by atoms with Crippen molar-refractivity contribution in [3.8, 4) is 16.6 Å². The van der Waals surface area contributed by atoms with E-state index < -0.39 is 33.2 Å². The minimum Gasteiger partial charge on any atom is -0.539 e. The summed E-state index contributed by atoms with van der Waals surface area (Å²) in [7, 11) is -4.11. The molecule has 2 N–H and O–H groups in total. The molecule has 15 heteroatoms. The summed E-state index contributed by atoms with van der Waals surface area (Å²) in [5.41, 5.74) is -0.312. The van der Waals surface area contributed by atoms with Crippen molar-refractivity contribution in [1.29, 1.82) is 5.26 Å². The van der Waals surface area contributed by atoms with Crippen molar-refractivity contribution in [2.75, 3.05) is 11.1 Å². The molecular formula is C24H18F3N5O4S3. The van der Waals surface area contributed by atoms with Crippen LogP contribution in [0.4, 0.5) is 24.7 Å². The van der Waals surface area contributed by atoms with Gasteiger partial charge in [0.2, 0.25) is 11.6 Å². The third-order valence-corrected chi connectivity index (χ3v) is 8.53. The fourth-order valence-corrected chi connectivity index (χ4v) is 5.76. The number of aryl methyl sites for hydroxylation is 1. The first-order valence-corrected chi connectivity index (χ1v) is 14.2. The average Bonchev–Trinajstić information content (AvgIpc) is 3.53. The summed E-state index contributed by atoms with van der Waals surface area (Å²) in [4.78, 5) is 15.8. The average molecular weight is 594 g/mol. The summed E-state index contributed by atoms with van der Waals surface area (Å²) >= 11 is 1.96. The number of nitrogens with zero attached hydrogens (tertiary/aromatic N) is 3. The lowest BCUT2D eigenvalue weighted by Crippen LogP contribution is -2.21. The van der Waals surface area contributed by atoms with Gasteiger partial charge in [-0.05, 0) is 66.9 Å². The van der Waals surface area contributed by atoms with E-state index >= 15 is 0 Å². The highest BCUT2D eigenvalue weighted by Crippen LogP contribution is 2.37. The van der Waals surface area contributed by atoms with Crippen LogP contribution in [0, 0.1) is 25.2 Å². The molecule has 0 bridgehead atoms. The number of anilines is 1. The van der Waals surface area contributed by atoms with Crippen LogP contribution in [0.15, 0.2) is 62.3 Å². The zero-order valence-corrected chi connectivity index (χ0v) is 22.6. The number of carbonyl (C=O) groups is 1. The largest absolute Gasteiger partial charge is 0.539 e. The molecule has 0 unspecified atom stereocenters. The Hall–Kier alpha value is -3.87. The van der Waals surface area contributed by atoms with Crippen LogP contribution in [0.1, 0.15) is 22.4 Å². The molecule has 0 spiro atoms. The van der Waals surface area contributed by atoms with E-state index in [1.165, 1.54) is 35.6 Å². The number of sulfonamides is 1. The maximum atomic E-state index is 13.7. The number of amides is 1. The molecule has 1 amide bonds. The number of hydrogen-bond donors (Lipinski definition) is 1. The van der Waals surface area contributed by atoms with E-state index in [4.69, 9.17) is 4.52 Å². The van der Waals surface area contributed by atoms with Gasteiger partial charge in [0, 0.05) is 11.8 Å². The Kier molecular flexibility index (Phi) is 8.00. The molecule has 4 rings (SSSR count). The quantitative estimate of drug-likeness (QED) is 0.253. The van der Waals surface area contributed by atoms with Gasteiger partial charge in [0.1, 0.15) is 21.7 Å². The van der Waals surface area contributed by atoms with E-state index in [9.17, 15) is 31.6 Å². The Labute approximate surface area is 229 Å². The Balaban J connectivity index is 1.47. The molecule has 0 fully saturated rings. The minimum atomic E-state index is -4.77. The molecule has 0 aliphatic heterocycles. The van der Waals surface area contributed by atoms with Gasteiger partial charge in [0.15, 0.2) is 0 Å². The second-order valence-corrected chi connectivity index (χ2v) is 11.6. The number of H-pyrrole nitrogens is 1. The number of carbonyl (C=O) groups excluding carboxylic acids is 1. The van der Waals surface area contributed by atoms with Crippen molar-refractivity contribution in [2.45, 2.75) is 29.9 Å². The van der Waals surface area contributed by atoms with E-state index in [1.807, 2.05) is 0 Å². The van der Waals surface area contributed by atoms with Crippen LogP contribution in [-0.2, 0) is 21.0 Å². The van der Waals surface area contributed by atoms with Gasteiger partial charge in [-0.2, -0.15) is 23.4 Å². The highest BCUT2D eigenvalue weighted by molar-refractivity contribution is 7.99. The van der Waals surface area contributed by atoms with Gasteiger partial charge in [-0.3, -0.25) is 4.79 Å². The van der Waals surface area contributed by atoms with Crippen molar-refractivity contribution in [3.05, 3.63) is 75.0 Å². The summed E-state index contributed by atoms with van der Waals surface area (Å²) in [5, 5.41) is 17.3. The third-order valence-electron chi connectivity index (χ3n) is 5.36. The first kappa shape index (κ1) is 28.1. The van der Waals surface area contributed by atoms with E-state index in [0.717, 1.165) is 17.8 Å². The predicted molar refractivity (Wildman–Crippen MR) is 138 cm³/mol. The Morgan fingerprint density at radius 1 is 1.26 bits per heavy atom. The SMILES string of the molecule is Cc1noc([N-]S(=O)(=O)c2ccc(NC(=O)CSc3[nH+]c(-c4cccs4)cc(C(F)(F)F)c3C#N)cc2)c1C. The zero-order valence-electron chi connectivity index (χ0n) is 20.2. The van der Waals surface area contributed by atoms with Crippen molar-refractivity contribution < 1.29 is 35.9 Å². The molecule has 9 nitrogen and oxygen atoms in total. The van der Waals surface area contributed by atoms with Gasteiger partial charge < -0.3 is 14.6 Å². The third kappa shape index (κ3) is 6.41. The van der Waals surface area contributed by atoms with Gasteiger partial charge in [-0.15, -0.1) is 11.3 Å². The maximum absolute atomic E-state index is 13.7. The summed E-state index contributed by atoms with van der Waals surface area (Å²) in [6.07, 6.45) is -4.77. The van der Waals surface area contributed by atoms with Crippen LogP contribution >= 0.6 is 23.1 Å². The summed E-state index contributed by atoms with van der Waals surface area (Å²) in [5.74, 6) is -1.04. The molecule has 202 valence electrons. The second-order valence-electron chi connectivity index (χ2n) is 8.01. The van der Waals surface area contributed by atoms with Gasteiger partial charge in [-0.1, -0.05) is 11.2 Å². The van der Waals surface area contributed by atoms with E-state index in [2.05, 4.69) is 20.2 Å². The number of nitrogens with one attached hydrogen (secondary N) is 2.